The fraction of sp³-hybridized carbons (Fsp3) is 0.375. The number of nitrogens with zero attached hydrogens (tertiary/aromatic N) is 1. The molecule has 8 heteroatoms. The van der Waals surface area contributed by atoms with E-state index < -0.39 is 17.4 Å². The second-order valence-electron chi connectivity index (χ2n) is 10.8. The lowest BCUT2D eigenvalue weighted by molar-refractivity contribution is -0.145. The zero-order chi connectivity index (χ0) is 28.7. The van der Waals surface area contributed by atoms with Gasteiger partial charge in [0.2, 0.25) is 5.91 Å². The van der Waals surface area contributed by atoms with E-state index in [0.29, 0.717) is 5.56 Å². The van der Waals surface area contributed by atoms with Gasteiger partial charge in [0.1, 0.15) is 0 Å². The zero-order valence-corrected chi connectivity index (χ0v) is 22.8. The molecule has 210 valence electrons. The summed E-state index contributed by atoms with van der Waals surface area (Å²) >= 11 is 0. The number of amides is 2. The number of fused-ring (bicyclic) bond motifs is 1. The van der Waals surface area contributed by atoms with E-state index in [0.717, 1.165) is 56.4 Å². The number of carbonyl (C=O) groups excluding carboxylic acids is 2. The molecule has 40 heavy (non-hydrogen) atoms. The summed E-state index contributed by atoms with van der Waals surface area (Å²) in [7, 11) is 0. The highest BCUT2D eigenvalue weighted by atomic mass is 16.4. The van der Waals surface area contributed by atoms with Crippen molar-refractivity contribution in [3.05, 3.63) is 83.5 Å². The zero-order valence-electron chi connectivity index (χ0n) is 22.8. The number of anilines is 2. The van der Waals surface area contributed by atoms with Crippen LogP contribution in [-0.2, 0) is 20.8 Å². The van der Waals surface area contributed by atoms with Gasteiger partial charge in [-0.25, -0.2) is 4.79 Å². The van der Waals surface area contributed by atoms with Crippen molar-refractivity contribution in [3.8, 4) is 0 Å². The highest BCUT2D eigenvalue weighted by Crippen LogP contribution is 2.32. The van der Waals surface area contributed by atoms with Crippen LogP contribution >= 0.6 is 0 Å². The van der Waals surface area contributed by atoms with Crippen LogP contribution in [0.15, 0.2) is 72.3 Å². The molecule has 2 aromatic rings. The van der Waals surface area contributed by atoms with Crippen molar-refractivity contribution in [2.24, 2.45) is 11.3 Å². The summed E-state index contributed by atoms with van der Waals surface area (Å²) in [5.41, 5.74) is 2.72. The Morgan fingerprint density at radius 2 is 1.62 bits per heavy atom. The molecule has 0 aromatic heterocycles. The van der Waals surface area contributed by atoms with Crippen molar-refractivity contribution in [2.75, 3.05) is 16.8 Å². The average molecular weight is 545 g/mol. The molecule has 1 saturated carbocycles. The van der Waals surface area contributed by atoms with Gasteiger partial charge >= 0.3 is 11.9 Å². The van der Waals surface area contributed by atoms with Gasteiger partial charge < -0.3 is 20.4 Å². The number of nitrogens with one attached hydrogen (secondary N) is 1. The minimum atomic E-state index is -1.08. The van der Waals surface area contributed by atoms with Gasteiger partial charge in [-0.1, -0.05) is 55.7 Å². The fourth-order valence-corrected chi connectivity index (χ4v) is 5.39. The Hall–Kier alpha value is -4.20. The number of hydrogen-bond donors (Lipinski definition) is 3. The molecule has 2 amide bonds. The molecule has 8 nitrogen and oxygen atoms in total. The van der Waals surface area contributed by atoms with Crippen molar-refractivity contribution < 1.29 is 29.4 Å². The lowest BCUT2D eigenvalue weighted by atomic mass is 9.80. The molecule has 1 heterocycles. The summed E-state index contributed by atoms with van der Waals surface area (Å²) in [5.74, 6) is -1.80. The van der Waals surface area contributed by atoms with E-state index in [1.165, 1.54) is 37.1 Å². The molecule has 3 aliphatic rings. The van der Waals surface area contributed by atoms with Crippen LogP contribution in [0.3, 0.4) is 0 Å². The van der Waals surface area contributed by atoms with E-state index in [2.05, 4.69) is 11.4 Å². The van der Waals surface area contributed by atoms with Crippen LogP contribution in [-0.4, -0.2) is 40.5 Å². The molecule has 3 N–H and O–H groups in total. The lowest BCUT2D eigenvalue weighted by Crippen LogP contribution is -2.35. The number of carboxylic acids is 2. The number of aliphatic carboxylic acids is 2. The maximum atomic E-state index is 13.0. The third kappa shape index (κ3) is 6.86. The summed E-state index contributed by atoms with van der Waals surface area (Å²) in [6, 6.07) is 15.4. The summed E-state index contributed by atoms with van der Waals surface area (Å²) in [6.45, 7) is 2.25. The molecule has 1 aliphatic heterocycles. The minimum absolute atomic E-state index is 0.0207. The topological polar surface area (TPSA) is 124 Å². The van der Waals surface area contributed by atoms with Crippen LogP contribution < -0.4 is 10.2 Å². The van der Waals surface area contributed by atoms with Gasteiger partial charge in [0, 0.05) is 35.0 Å². The first kappa shape index (κ1) is 28.8. The number of allylic oxidation sites excluding steroid dienone is 2. The number of aryl methyl sites for hydroxylation is 1. The summed E-state index contributed by atoms with van der Waals surface area (Å²) in [4.78, 5) is 48.6. The SMILES string of the molecule is CC1(C(=O)O)C=CC=C(C(=O)O)C1.O=C(Nc1ccc(C(=O)N2CCCc3ccccc32)cc1)C1CCCCC1. The van der Waals surface area contributed by atoms with E-state index in [1.54, 1.807) is 0 Å². The number of carbonyl (C=O) groups is 4. The molecule has 2 aliphatic carbocycles. The molecule has 0 radical (unpaired) electrons. The molecule has 5 rings (SSSR count). The molecule has 0 bridgehead atoms. The van der Waals surface area contributed by atoms with Gasteiger partial charge in [0.15, 0.2) is 0 Å². The van der Waals surface area contributed by atoms with Crippen molar-refractivity contribution in [1.82, 2.24) is 0 Å². The number of para-hydroxylation sites is 1. The molecule has 1 unspecified atom stereocenters. The van der Waals surface area contributed by atoms with E-state index in [4.69, 9.17) is 10.2 Å². The summed E-state index contributed by atoms with van der Waals surface area (Å²) in [6.07, 6.45) is 11.9. The molecule has 2 aromatic carbocycles. The highest BCUT2D eigenvalue weighted by Gasteiger charge is 2.34. The standard InChI is InChI=1S/C23H26N2O2.C9H10O4/c26-22(18-8-2-1-3-9-18)24-20-14-12-19(13-15-20)23(27)25-16-6-10-17-7-4-5-11-21(17)25;1-9(8(12)13)4-2-3-6(5-9)7(10)11/h4-5,7,11-15,18H,1-3,6,8-10,16H2,(H,24,26);2-4H,5H2,1H3,(H,10,11)(H,12,13). The van der Waals surface area contributed by atoms with Crippen LogP contribution in [0.4, 0.5) is 11.4 Å². The third-order valence-electron chi connectivity index (χ3n) is 7.81. The van der Waals surface area contributed by atoms with Gasteiger partial charge in [-0.2, -0.15) is 0 Å². The maximum Gasteiger partial charge on any atom is 0.331 e. The maximum absolute atomic E-state index is 13.0. The molecule has 0 spiro atoms. The van der Waals surface area contributed by atoms with E-state index >= 15 is 0 Å². The predicted molar refractivity (Wildman–Crippen MR) is 153 cm³/mol. The Morgan fingerprint density at radius 1 is 0.925 bits per heavy atom. The van der Waals surface area contributed by atoms with Crippen molar-refractivity contribution >= 4 is 35.1 Å². The monoisotopic (exact) mass is 544 g/mol. The Kier molecular flexibility index (Phi) is 9.19. The second kappa shape index (κ2) is 12.8. The lowest BCUT2D eigenvalue weighted by Gasteiger charge is -2.29. The van der Waals surface area contributed by atoms with Gasteiger partial charge in [0.05, 0.1) is 5.41 Å². The smallest absolute Gasteiger partial charge is 0.331 e. The van der Waals surface area contributed by atoms with E-state index in [-0.39, 0.29) is 29.7 Å². The Balaban J connectivity index is 0.000000240. The van der Waals surface area contributed by atoms with Gasteiger partial charge in [-0.3, -0.25) is 14.4 Å². The summed E-state index contributed by atoms with van der Waals surface area (Å²) < 4.78 is 0. The van der Waals surface area contributed by atoms with Crippen molar-refractivity contribution in [3.63, 3.8) is 0 Å². The van der Waals surface area contributed by atoms with Crippen LogP contribution in [0.5, 0.6) is 0 Å². The molecule has 0 saturated heterocycles. The third-order valence-corrected chi connectivity index (χ3v) is 7.81. The van der Waals surface area contributed by atoms with Crippen LogP contribution in [0.25, 0.3) is 0 Å². The molecular weight excluding hydrogens is 508 g/mol. The average Bonchev–Trinajstić information content (AvgIpc) is 2.97. The van der Waals surface area contributed by atoms with E-state index in [1.807, 2.05) is 47.4 Å². The van der Waals surface area contributed by atoms with Crippen LogP contribution in [0.2, 0.25) is 0 Å². The second-order valence-corrected chi connectivity index (χ2v) is 10.8. The van der Waals surface area contributed by atoms with E-state index in [9.17, 15) is 19.2 Å². The largest absolute Gasteiger partial charge is 0.481 e. The number of carboxylic acid groups (broad SMARTS) is 2. The quantitative estimate of drug-likeness (QED) is 0.434. The Labute approximate surface area is 234 Å². The normalized spacial score (nSPS) is 20.3. The number of rotatable bonds is 5. The van der Waals surface area contributed by atoms with Crippen LogP contribution in [0.1, 0.15) is 67.8 Å². The first-order valence-electron chi connectivity index (χ1n) is 13.8. The van der Waals surface area contributed by atoms with Gasteiger partial charge in [-0.15, -0.1) is 0 Å². The Bertz CT molecular complexity index is 1320. The first-order valence-corrected chi connectivity index (χ1v) is 13.8. The first-order chi connectivity index (χ1) is 19.2. The molecule has 1 atom stereocenters. The number of benzene rings is 2. The number of hydrogen-bond acceptors (Lipinski definition) is 4. The Morgan fingerprint density at radius 3 is 2.30 bits per heavy atom. The summed E-state index contributed by atoms with van der Waals surface area (Å²) in [5, 5.41) is 20.5. The van der Waals surface area contributed by atoms with Gasteiger partial charge in [0.25, 0.3) is 5.91 Å². The highest BCUT2D eigenvalue weighted by molar-refractivity contribution is 6.07. The van der Waals surface area contributed by atoms with Crippen LogP contribution in [0, 0.1) is 11.3 Å². The molecule has 1 fully saturated rings. The molecular formula is C32H36N2O6. The minimum Gasteiger partial charge on any atom is -0.481 e. The predicted octanol–water partition coefficient (Wildman–Crippen LogP) is 5.85. The van der Waals surface area contributed by atoms with Crippen molar-refractivity contribution in [2.45, 2.75) is 58.3 Å². The van der Waals surface area contributed by atoms with Gasteiger partial charge in [-0.05, 0) is 74.9 Å². The van der Waals surface area contributed by atoms with Crippen molar-refractivity contribution in [1.29, 1.82) is 0 Å². The fourth-order valence-electron chi connectivity index (χ4n) is 5.39.